The van der Waals surface area contributed by atoms with Crippen molar-refractivity contribution in [2.45, 2.75) is 6.54 Å². The second-order valence-electron chi connectivity index (χ2n) is 4.79. The van der Waals surface area contributed by atoms with Crippen molar-refractivity contribution in [2.75, 3.05) is 32.6 Å². The summed E-state index contributed by atoms with van der Waals surface area (Å²) in [5, 5.41) is 2.51. The van der Waals surface area contributed by atoms with E-state index < -0.39 is 11.9 Å². The Kier molecular flexibility index (Phi) is 6.28. The first-order chi connectivity index (χ1) is 11.1. The number of amides is 2. The van der Waals surface area contributed by atoms with Gasteiger partial charge in [-0.3, -0.25) is 14.4 Å². The number of methoxy groups -OCH3 is 1. The summed E-state index contributed by atoms with van der Waals surface area (Å²) in [4.78, 5) is 36.1. The zero-order valence-electron chi connectivity index (χ0n) is 12.7. The summed E-state index contributed by atoms with van der Waals surface area (Å²) in [6.45, 7) is 0.315. The lowest BCUT2D eigenvalue weighted by molar-refractivity contribution is -0.148. The van der Waals surface area contributed by atoms with Gasteiger partial charge in [-0.25, -0.2) is 0 Å². The molecule has 0 bridgehead atoms. The molecular formula is C15H18N2O5S. The molecule has 0 saturated carbocycles. The van der Waals surface area contributed by atoms with Crippen molar-refractivity contribution in [3.05, 3.63) is 29.8 Å². The van der Waals surface area contributed by atoms with Crippen LogP contribution in [0.1, 0.15) is 5.56 Å². The van der Waals surface area contributed by atoms with Crippen LogP contribution in [0.2, 0.25) is 0 Å². The van der Waals surface area contributed by atoms with E-state index in [1.165, 1.54) is 16.7 Å². The quantitative estimate of drug-likeness (QED) is 0.747. The van der Waals surface area contributed by atoms with E-state index in [2.05, 4.69) is 5.32 Å². The summed E-state index contributed by atoms with van der Waals surface area (Å²) in [6, 6.07) is 7.31. The van der Waals surface area contributed by atoms with Gasteiger partial charge in [0.1, 0.15) is 12.3 Å². The van der Waals surface area contributed by atoms with Crippen molar-refractivity contribution < 1.29 is 23.9 Å². The lowest BCUT2D eigenvalue weighted by Crippen LogP contribution is -2.34. The van der Waals surface area contributed by atoms with E-state index in [1.807, 2.05) is 18.2 Å². The van der Waals surface area contributed by atoms with Crippen molar-refractivity contribution in [3.63, 3.8) is 0 Å². The van der Waals surface area contributed by atoms with Crippen LogP contribution in [-0.4, -0.2) is 54.6 Å². The van der Waals surface area contributed by atoms with Crippen LogP contribution in [0.4, 0.5) is 4.79 Å². The van der Waals surface area contributed by atoms with Crippen molar-refractivity contribution in [1.82, 2.24) is 10.2 Å². The number of rotatable bonds is 7. The smallest absolute Gasteiger partial charge is 0.326 e. The van der Waals surface area contributed by atoms with E-state index in [0.717, 1.165) is 5.56 Å². The number of benzene rings is 1. The van der Waals surface area contributed by atoms with Crippen LogP contribution in [0.3, 0.4) is 0 Å². The van der Waals surface area contributed by atoms with Crippen LogP contribution in [0.15, 0.2) is 24.3 Å². The Morgan fingerprint density at radius 1 is 1.35 bits per heavy atom. The van der Waals surface area contributed by atoms with Gasteiger partial charge >= 0.3 is 5.97 Å². The molecule has 0 spiro atoms. The lowest BCUT2D eigenvalue weighted by Gasteiger charge is -2.13. The van der Waals surface area contributed by atoms with E-state index in [1.54, 1.807) is 13.2 Å². The van der Waals surface area contributed by atoms with Crippen LogP contribution >= 0.6 is 11.8 Å². The zero-order chi connectivity index (χ0) is 16.7. The van der Waals surface area contributed by atoms with Crippen molar-refractivity contribution in [3.8, 4) is 5.75 Å². The fraction of sp³-hybridized carbons (Fsp3) is 0.400. The molecule has 1 fully saturated rings. The molecule has 0 unspecified atom stereocenters. The predicted molar refractivity (Wildman–Crippen MR) is 85.2 cm³/mol. The Labute approximate surface area is 138 Å². The Morgan fingerprint density at radius 3 is 2.83 bits per heavy atom. The number of carbonyl (C=O) groups is 3. The second kappa shape index (κ2) is 8.42. The van der Waals surface area contributed by atoms with Gasteiger partial charge in [0, 0.05) is 24.4 Å². The molecule has 1 N–H and O–H groups in total. The maximum atomic E-state index is 11.7. The highest BCUT2D eigenvalue weighted by atomic mass is 32.2. The van der Waals surface area contributed by atoms with E-state index >= 15 is 0 Å². The number of hydrogen-bond acceptors (Lipinski definition) is 6. The Hall–Kier alpha value is -2.22. The first-order valence-electron chi connectivity index (χ1n) is 7.06. The van der Waals surface area contributed by atoms with Gasteiger partial charge < -0.3 is 19.7 Å². The molecule has 124 valence electrons. The molecule has 8 heteroatoms. The van der Waals surface area contributed by atoms with Gasteiger partial charge in [0.05, 0.1) is 7.11 Å². The van der Waals surface area contributed by atoms with Crippen molar-refractivity contribution >= 4 is 28.9 Å². The van der Waals surface area contributed by atoms with Gasteiger partial charge in [-0.1, -0.05) is 30.0 Å². The molecule has 0 aromatic heterocycles. The third-order valence-electron chi connectivity index (χ3n) is 3.20. The number of para-hydroxylation sites is 1. The first-order valence-corrected chi connectivity index (χ1v) is 8.04. The molecule has 1 saturated heterocycles. The monoisotopic (exact) mass is 338 g/mol. The summed E-state index contributed by atoms with van der Waals surface area (Å²) in [6.07, 6.45) is 0. The summed E-state index contributed by atoms with van der Waals surface area (Å²) >= 11 is 1.17. The average molecular weight is 338 g/mol. The minimum atomic E-state index is -0.590. The Morgan fingerprint density at radius 2 is 2.13 bits per heavy atom. The fourth-order valence-corrected chi connectivity index (χ4v) is 2.84. The third kappa shape index (κ3) is 5.17. The van der Waals surface area contributed by atoms with Crippen molar-refractivity contribution in [2.24, 2.45) is 0 Å². The van der Waals surface area contributed by atoms with E-state index in [4.69, 9.17) is 9.47 Å². The van der Waals surface area contributed by atoms with Crippen LogP contribution in [0.5, 0.6) is 5.75 Å². The first kappa shape index (κ1) is 17.1. The molecule has 0 radical (unpaired) electrons. The molecule has 0 aliphatic carbocycles. The number of carbonyl (C=O) groups excluding carboxylic acids is 3. The maximum absolute atomic E-state index is 11.7. The largest absolute Gasteiger partial charge is 0.496 e. The molecule has 1 aliphatic rings. The molecule has 1 aromatic carbocycles. The highest BCUT2D eigenvalue weighted by Crippen LogP contribution is 2.17. The summed E-state index contributed by atoms with van der Waals surface area (Å²) in [7, 11) is 1.56. The number of nitrogens with zero attached hydrogens (tertiary/aromatic N) is 1. The van der Waals surface area contributed by atoms with Gasteiger partial charge in [-0.15, -0.1) is 0 Å². The minimum absolute atomic E-state index is 0.119. The van der Waals surface area contributed by atoms with Gasteiger partial charge in [-0.05, 0) is 6.07 Å². The third-order valence-corrected chi connectivity index (χ3v) is 4.09. The van der Waals surface area contributed by atoms with Gasteiger partial charge in [0.15, 0.2) is 6.61 Å². The van der Waals surface area contributed by atoms with Crippen LogP contribution < -0.4 is 10.1 Å². The number of thioether (sulfide) groups is 1. The molecule has 2 amide bonds. The van der Waals surface area contributed by atoms with E-state index in [9.17, 15) is 14.4 Å². The molecule has 23 heavy (non-hydrogen) atoms. The van der Waals surface area contributed by atoms with Crippen LogP contribution in [0, 0.1) is 0 Å². The molecular weight excluding hydrogens is 320 g/mol. The van der Waals surface area contributed by atoms with E-state index in [-0.39, 0.29) is 24.9 Å². The highest BCUT2D eigenvalue weighted by molar-refractivity contribution is 8.13. The number of hydrogen-bond donors (Lipinski definition) is 1. The SMILES string of the molecule is COc1ccccc1CNC(=O)COC(=O)CN1CCSC1=O. The van der Waals surface area contributed by atoms with Crippen molar-refractivity contribution in [1.29, 1.82) is 0 Å². The summed E-state index contributed by atoms with van der Waals surface area (Å²) in [5.41, 5.74) is 0.828. The van der Waals surface area contributed by atoms with E-state index in [0.29, 0.717) is 18.0 Å². The number of ether oxygens (including phenoxy) is 2. The Bertz CT molecular complexity index is 593. The fourth-order valence-electron chi connectivity index (χ4n) is 2.01. The summed E-state index contributed by atoms with van der Waals surface area (Å²) in [5.74, 6) is 0.348. The maximum Gasteiger partial charge on any atom is 0.326 e. The van der Waals surface area contributed by atoms with Gasteiger partial charge in [-0.2, -0.15) is 0 Å². The molecule has 1 heterocycles. The highest BCUT2D eigenvalue weighted by Gasteiger charge is 2.24. The second-order valence-corrected chi connectivity index (χ2v) is 5.83. The Balaban J connectivity index is 1.70. The van der Waals surface area contributed by atoms with Crippen LogP contribution in [0.25, 0.3) is 0 Å². The molecule has 1 aliphatic heterocycles. The normalized spacial score (nSPS) is 13.8. The lowest BCUT2D eigenvalue weighted by atomic mass is 10.2. The molecule has 2 rings (SSSR count). The summed E-state index contributed by atoms with van der Waals surface area (Å²) < 4.78 is 10.1. The molecule has 0 atom stereocenters. The number of esters is 1. The zero-order valence-corrected chi connectivity index (χ0v) is 13.6. The topological polar surface area (TPSA) is 84.9 Å². The molecule has 7 nitrogen and oxygen atoms in total. The predicted octanol–water partition coefficient (Wildman–Crippen LogP) is 1.02. The number of nitrogens with one attached hydrogen (secondary N) is 1. The van der Waals surface area contributed by atoms with Crippen LogP contribution in [-0.2, 0) is 20.9 Å². The van der Waals surface area contributed by atoms with Gasteiger partial charge in [0.25, 0.3) is 11.1 Å². The minimum Gasteiger partial charge on any atom is -0.496 e. The standard InChI is InChI=1S/C15H18N2O5S/c1-21-12-5-3-2-4-11(12)8-16-13(18)10-22-14(19)9-17-6-7-23-15(17)20/h2-5H,6-10H2,1H3,(H,16,18). The van der Waals surface area contributed by atoms with Gasteiger partial charge in [0.2, 0.25) is 0 Å². The molecule has 1 aromatic rings. The average Bonchev–Trinajstić information content (AvgIpc) is 2.96.